The van der Waals surface area contributed by atoms with Crippen LogP contribution in [0.3, 0.4) is 0 Å². The Bertz CT molecular complexity index is 1580. The zero-order chi connectivity index (χ0) is 26.3. The summed E-state index contributed by atoms with van der Waals surface area (Å²) in [4.78, 5) is 52.4. The van der Waals surface area contributed by atoms with Crippen molar-refractivity contribution in [2.45, 2.75) is 6.92 Å². The van der Waals surface area contributed by atoms with E-state index in [0.29, 0.717) is 41.2 Å². The Hall–Kier alpha value is -4.59. The van der Waals surface area contributed by atoms with Crippen LogP contribution in [0.4, 0.5) is 11.6 Å². The molecule has 1 aliphatic heterocycles. The lowest BCUT2D eigenvalue weighted by Gasteiger charge is -2.39. The van der Waals surface area contributed by atoms with Crippen LogP contribution in [-0.4, -0.2) is 68.2 Å². The molecule has 4 aromatic heterocycles. The average Bonchev–Trinajstić information content (AvgIpc) is 3.32. The van der Waals surface area contributed by atoms with Crippen LogP contribution in [0.25, 0.3) is 16.2 Å². The third-order valence-electron chi connectivity index (χ3n) is 5.96. The minimum atomic E-state index is -1.36. The van der Waals surface area contributed by atoms with Gasteiger partial charge in [-0.3, -0.25) is 14.2 Å². The largest absolute Gasteiger partial charge is 0.495 e. The summed E-state index contributed by atoms with van der Waals surface area (Å²) in [5.41, 5.74) is -0.264. The van der Waals surface area contributed by atoms with Crippen molar-refractivity contribution < 1.29 is 24.2 Å². The number of carboxylic acid groups (broad SMARTS) is 1. The number of nitrogens with zero attached hydrogens (tertiary/aromatic N) is 6. The SMILES string of the molecule is COc1ccc(NC(=O)C2CN(c3cc(C)c4c(=O)c(C(=O)O)cn(-c5nc(OC)ns5)c4n3)C2)nc1. The van der Waals surface area contributed by atoms with E-state index in [9.17, 15) is 19.5 Å². The summed E-state index contributed by atoms with van der Waals surface area (Å²) in [7, 11) is 2.95. The zero-order valence-corrected chi connectivity index (χ0v) is 20.8. The number of carbonyl (C=O) groups excluding carboxylic acids is 1. The van der Waals surface area contributed by atoms with Crippen molar-refractivity contribution in [1.82, 2.24) is 23.9 Å². The second kappa shape index (κ2) is 9.46. The number of anilines is 2. The molecule has 13 nitrogen and oxygen atoms in total. The second-order valence-electron chi connectivity index (χ2n) is 8.28. The minimum absolute atomic E-state index is 0.111. The van der Waals surface area contributed by atoms with E-state index in [4.69, 9.17) is 9.47 Å². The van der Waals surface area contributed by atoms with Crippen molar-refractivity contribution in [2.24, 2.45) is 5.92 Å². The fraction of sp³-hybridized carbons (Fsp3) is 0.261. The monoisotopic (exact) mass is 523 g/mol. The highest BCUT2D eigenvalue weighted by Crippen LogP contribution is 2.29. The second-order valence-corrected chi connectivity index (χ2v) is 9.01. The van der Waals surface area contributed by atoms with Crippen molar-refractivity contribution in [3.05, 3.63) is 51.9 Å². The van der Waals surface area contributed by atoms with Crippen LogP contribution in [0.1, 0.15) is 15.9 Å². The molecule has 14 heteroatoms. The molecule has 0 aromatic carbocycles. The molecule has 5 rings (SSSR count). The predicted molar refractivity (Wildman–Crippen MR) is 134 cm³/mol. The smallest absolute Gasteiger partial charge is 0.341 e. The van der Waals surface area contributed by atoms with Crippen LogP contribution in [-0.2, 0) is 4.79 Å². The number of methoxy groups -OCH3 is 2. The lowest BCUT2D eigenvalue weighted by molar-refractivity contribution is -0.120. The van der Waals surface area contributed by atoms with Gasteiger partial charge >= 0.3 is 12.0 Å². The van der Waals surface area contributed by atoms with E-state index in [1.165, 1.54) is 31.2 Å². The molecule has 5 heterocycles. The molecule has 1 saturated heterocycles. The molecule has 4 aromatic rings. The summed E-state index contributed by atoms with van der Waals surface area (Å²) in [6, 6.07) is 5.19. The van der Waals surface area contributed by atoms with Gasteiger partial charge < -0.3 is 24.8 Å². The topological polar surface area (TPSA) is 162 Å². The van der Waals surface area contributed by atoms with Crippen molar-refractivity contribution in [2.75, 3.05) is 37.5 Å². The summed E-state index contributed by atoms with van der Waals surface area (Å²) >= 11 is 0.977. The van der Waals surface area contributed by atoms with E-state index < -0.39 is 17.0 Å². The third-order valence-corrected chi connectivity index (χ3v) is 6.66. The molecular weight excluding hydrogens is 502 g/mol. The average molecular weight is 524 g/mol. The molecule has 37 heavy (non-hydrogen) atoms. The van der Waals surface area contributed by atoms with Crippen molar-refractivity contribution in [3.8, 4) is 16.9 Å². The number of ether oxygens (including phenoxy) is 2. The number of rotatable bonds is 7. The maximum absolute atomic E-state index is 13.0. The lowest BCUT2D eigenvalue weighted by atomic mass is 9.98. The lowest BCUT2D eigenvalue weighted by Crippen LogP contribution is -2.52. The van der Waals surface area contributed by atoms with Gasteiger partial charge in [-0.05, 0) is 30.7 Å². The number of carbonyl (C=O) groups is 2. The Morgan fingerprint density at radius 3 is 2.59 bits per heavy atom. The van der Waals surface area contributed by atoms with E-state index in [0.717, 1.165) is 11.5 Å². The molecule has 0 saturated carbocycles. The normalized spacial score (nSPS) is 13.3. The minimum Gasteiger partial charge on any atom is -0.495 e. The van der Waals surface area contributed by atoms with Crippen LogP contribution in [0, 0.1) is 12.8 Å². The van der Waals surface area contributed by atoms with Gasteiger partial charge in [-0.1, -0.05) is 0 Å². The van der Waals surface area contributed by atoms with Gasteiger partial charge in [0.1, 0.15) is 22.9 Å². The maximum Gasteiger partial charge on any atom is 0.341 e. The van der Waals surface area contributed by atoms with Gasteiger partial charge in [0.15, 0.2) is 5.65 Å². The van der Waals surface area contributed by atoms with Crippen molar-refractivity contribution in [3.63, 3.8) is 0 Å². The van der Waals surface area contributed by atoms with E-state index in [2.05, 4.69) is 24.6 Å². The highest BCUT2D eigenvalue weighted by molar-refractivity contribution is 7.08. The molecule has 1 aliphatic rings. The van der Waals surface area contributed by atoms with Gasteiger partial charge in [-0.2, -0.15) is 4.98 Å². The van der Waals surface area contributed by atoms with E-state index >= 15 is 0 Å². The number of fused-ring (bicyclic) bond motifs is 1. The molecule has 190 valence electrons. The van der Waals surface area contributed by atoms with Gasteiger partial charge in [-0.15, -0.1) is 4.37 Å². The fourth-order valence-corrected chi connectivity index (χ4v) is 4.58. The number of hydrogen-bond donors (Lipinski definition) is 2. The van der Waals surface area contributed by atoms with Gasteiger partial charge in [0.05, 0.1) is 31.7 Å². The van der Waals surface area contributed by atoms with Gasteiger partial charge in [0.2, 0.25) is 16.5 Å². The Kier molecular flexibility index (Phi) is 6.17. The van der Waals surface area contributed by atoms with Gasteiger partial charge in [-0.25, -0.2) is 14.8 Å². The number of carboxylic acids is 1. The molecule has 2 N–H and O–H groups in total. The third kappa shape index (κ3) is 4.42. The number of nitrogens with one attached hydrogen (secondary N) is 1. The summed E-state index contributed by atoms with van der Waals surface area (Å²) in [5, 5.41) is 12.8. The Labute approximate surface area is 213 Å². The van der Waals surface area contributed by atoms with Crippen molar-refractivity contribution in [1.29, 1.82) is 0 Å². The van der Waals surface area contributed by atoms with Gasteiger partial charge in [0, 0.05) is 30.8 Å². The zero-order valence-electron chi connectivity index (χ0n) is 20.0. The van der Waals surface area contributed by atoms with Crippen molar-refractivity contribution >= 4 is 46.1 Å². The fourth-order valence-electron chi connectivity index (χ4n) is 3.96. The number of aromatic carboxylic acids is 1. The van der Waals surface area contributed by atoms with Gasteiger partial charge in [0.25, 0.3) is 0 Å². The van der Waals surface area contributed by atoms with Crippen LogP contribution < -0.4 is 25.1 Å². The molecule has 0 spiro atoms. The van der Waals surface area contributed by atoms with Crippen LogP contribution in [0.5, 0.6) is 11.8 Å². The molecular formula is C23H21N7O6S. The molecule has 1 fully saturated rings. The Balaban J connectivity index is 1.44. The first-order valence-electron chi connectivity index (χ1n) is 11.0. The van der Waals surface area contributed by atoms with E-state index in [1.807, 2.05) is 4.90 Å². The summed E-state index contributed by atoms with van der Waals surface area (Å²) in [5.74, 6) is -0.255. The standard InChI is InChI=1S/C23H21N7O6S/c1-11-6-16(29-8-12(9-29)20(32)25-15-5-4-13(35-2)7-24-15)26-19-17(11)18(31)14(21(33)34)10-30(19)23-27-22(36-3)28-37-23/h4-7,10,12H,8-9H2,1-3H3,(H,33,34)(H,24,25,32). The van der Waals surface area contributed by atoms with Crippen LogP contribution >= 0.6 is 11.5 Å². The molecule has 1 amide bonds. The summed E-state index contributed by atoms with van der Waals surface area (Å²) in [6.45, 7) is 2.53. The first-order valence-corrected chi connectivity index (χ1v) is 11.8. The number of aromatic nitrogens is 5. The number of hydrogen-bond acceptors (Lipinski definition) is 11. The Morgan fingerprint density at radius 1 is 1.19 bits per heavy atom. The van der Waals surface area contributed by atoms with E-state index in [1.54, 1.807) is 25.1 Å². The number of amides is 1. The first-order chi connectivity index (χ1) is 17.8. The number of aryl methyl sites for hydroxylation is 1. The first kappa shape index (κ1) is 24.1. The number of pyridine rings is 3. The van der Waals surface area contributed by atoms with Crippen LogP contribution in [0.15, 0.2) is 35.4 Å². The quantitative estimate of drug-likeness (QED) is 0.363. The highest BCUT2D eigenvalue weighted by Gasteiger charge is 2.34. The molecule has 0 bridgehead atoms. The summed E-state index contributed by atoms with van der Waals surface area (Å²) < 4.78 is 15.6. The molecule has 0 atom stereocenters. The van der Waals surface area contributed by atoms with E-state index in [-0.39, 0.29) is 28.9 Å². The Morgan fingerprint density at radius 2 is 1.97 bits per heavy atom. The summed E-state index contributed by atoms with van der Waals surface area (Å²) in [6.07, 6.45) is 2.71. The molecule has 0 aliphatic carbocycles. The predicted octanol–water partition coefficient (Wildman–Crippen LogP) is 1.73. The maximum atomic E-state index is 13.0. The van der Waals surface area contributed by atoms with Crippen LogP contribution in [0.2, 0.25) is 0 Å². The molecule has 0 unspecified atom stereocenters. The highest BCUT2D eigenvalue weighted by atomic mass is 32.1. The molecule has 0 radical (unpaired) electrons.